The lowest BCUT2D eigenvalue weighted by atomic mass is 10.0. The van der Waals surface area contributed by atoms with E-state index >= 15 is 0 Å². The molecule has 3 rings (SSSR count). The fourth-order valence-corrected chi connectivity index (χ4v) is 3.73. The summed E-state index contributed by atoms with van der Waals surface area (Å²) in [4.78, 5) is 16.6. The van der Waals surface area contributed by atoms with Crippen LogP contribution >= 0.6 is 11.6 Å². The van der Waals surface area contributed by atoms with Gasteiger partial charge >= 0.3 is 6.09 Å². The van der Waals surface area contributed by atoms with Gasteiger partial charge in [-0.15, -0.1) is 0 Å². The maximum Gasteiger partial charge on any atom is 0.410 e. The van der Waals surface area contributed by atoms with Crippen molar-refractivity contribution >= 4 is 23.4 Å². The van der Waals surface area contributed by atoms with Gasteiger partial charge in [0.2, 0.25) is 0 Å². The smallest absolute Gasteiger partial charge is 0.410 e. The molecule has 7 heteroatoms. The molecule has 0 saturated carbocycles. The first-order chi connectivity index (χ1) is 12.3. The number of benzene rings is 1. The molecule has 26 heavy (non-hydrogen) atoms. The molecule has 1 fully saturated rings. The fourth-order valence-electron chi connectivity index (χ4n) is 3.51. The number of amides is 1. The Bertz CT molecular complexity index is 661. The monoisotopic (exact) mass is 382 g/mol. The number of para-hydroxylation sites is 1. The van der Waals surface area contributed by atoms with E-state index in [9.17, 15) is 4.79 Å². The van der Waals surface area contributed by atoms with E-state index < -0.39 is 5.60 Å². The van der Waals surface area contributed by atoms with Crippen LogP contribution in [0, 0.1) is 0 Å². The normalized spacial score (nSPS) is 22.8. The van der Waals surface area contributed by atoms with Gasteiger partial charge in [0.05, 0.1) is 23.4 Å². The Kier molecular flexibility index (Phi) is 5.53. The molecule has 1 aromatic carbocycles. The lowest BCUT2D eigenvalue weighted by Crippen LogP contribution is -2.56. The zero-order valence-electron chi connectivity index (χ0n) is 15.8. The van der Waals surface area contributed by atoms with Gasteiger partial charge in [-0.2, -0.15) is 0 Å². The number of halogens is 1. The molecule has 0 bridgehead atoms. The molecule has 0 unspecified atom stereocenters. The Morgan fingerprint density at radius 2 is 2.12 bits per heavy atom. The highest BCUT2D eigenvalue weighted by Crippen LogP contribution is 2.41. The third kappa shape index (κ3) is 4.18. The number of hydrogen-bond donors (Lipinski definition) is 0. The van der Waals surface area contributed by atoms with Gasteiger partial charge in [-0.25, -0.2) is 4.79 Å². The van der Waals surface area contributed by atoms with E-state index in [4.69, 9.17) is 25.8 Å². The minimum Gasteiger partial charge on any atom is -0.484 e. The first-order valence-corrected chi connectivity index (χ1v) is 9.35. The summed E-state index contributed by atoms with van der Waals surface area (Å²) in [6.07, 6.45) is 0.363. The largest absolute Gasteiger partial charge is 0.484 e. The number of methoxy groups -OCH3 is 1. The Hall–Kier alpha value is -1.66. The van der Waals surface area contributed by atoms with Gasteiger partial charge in [-0.3, -0.25) is 0 Å². The van der Waals surface area contributed by atoms with E-state index in [1.54, 1.807) is 12.0 Å². The standard InChI is InChI=1S/C19H27ClN2O4/c1-19(2,3)26-18(23)21-8-9-22-13(11-21)10-14(12-24-4)25-17-15(20)6-5-7-16(17)22/h5-7,13-14H,8-12H2,1-4H3/t13-,14-/m0/s1. The third-order valence-corrected chi connectivity index (χ3v) is 4.86. The van der Waals surface area contributed by atoms with Crippen molar-refractivity contribution in [2.45, 2.75) is 44.9 Å². The highest BCUT2D eigenvalue weighted by molar-refractivity contribution is 6.32. The van der Waals surface area contributed by atoms with E-state index in [1.165, 1.54) is 0 Å². The zero-order chi connectivity index (χ0) is 18.9. The number of piperazine rings is 1. The maximum absolute atomic E-state index is 12.5. The van der Waals surface area contributed by atoms with Crippen molar-refractivity contribution in [3.8, 4) is 5.75 Å². The van der Waals surface area contributed by atoms with Crippen LogP contribution in [0.25, 0.3) is 0 Å². The lowest BCUT2D eigenvalue weighted by molar-refractivity contribution is 0.0190. The summed E-state index contributed by atoms with van der Waals surface area (Å²) < 4.78 is 17.0. The number of nitrogens with zero attached hydrogens (tertiary/aromatic N) is 2. The molecule has 6 nitrogen and oxygen atoms in total. The third-order valence-electron chi connectivity index (χ3n) is 4.56. The Morgan fingerprint density at radius 1 is 1.35 bits per heavy atom. The molecule has 0 N–H and O–H groups in total. The molecule has 0 aromatic heterocycles. The SMILES string of the molecule is COC[C@@H]1C[C@H]2CN(C(=O)OC(C)(C)C)CCN2c2cccc(Cl)c2O1. The van der Waals surface area contributed by atoms with Gasteiger partial charge in [0.1, 0.15) is 11.7 Å². The molecule has 1 amide bonds. The van der Waals surface area contributed by atoms with Crippen molar-refractivity contribution in [3.05, 3.63) is 23.2 Å². The molecule has 2 aliphatic rings. The van der Waals surface area contributed by atoms with Gasteiger partial charge in [0, 0.05) is 33.2 Å². The molecule has 1 aromatic rings. The van der Waals surface area contributed by atoms with Crippen LogP contribution in [-0.2, 0) is 9.47 Å². The van der Waals surface area contributed by atoms with Gasteiger partial charge in [0.15, 0.2) is 5.75 Å². The number of anilines is 1. The summed E-state index contributed by atoms with van der Waals surface area (Å²) in [7, 11) is 1.66. The molecule has 0 spiro atoms. The number of rotatable bonds is 2. The highest BCUT2D eigenvalue weighted by atomic mass is 35.5. The van der Waals surface area contributed by atoms with Crippen molar-refractivity contribution in [2.75, 3.05) is 38.3 Å². The molecule has 2 heterocycles. The summed E-state index contributed by atoms with van der Waals surface area (Å²) in [5.74, 6) is 0.699. The van der Waals surface area contributed by atoms with Crippen LogP contribution in [0.5, 0.6) is 5.75 Å². The summed E-state index contributed by atoms with van der Waals surface area (Å²) >= 11 is 6.39. The second-order valence-electron chi connectivity index (χ2n) is 7.79. The second kappa shape index (κ2) is 7.53. The Balaban J connectivity index is 1.83. The molecular weight excluding hydrogens is 356 g/mol. The highest BCUT2D eigenvalue weighted by Gasteiger charge is 2.37. The molecule has 2 atom stereocenters. The average molecular weight is 383 g/mol. The number of ether oxygens (including phenoxy) is 3. The van der Waals surface area contributed by atoms with Crippen molar-refractivity contribution in [3.63, 3.8) is 0 Å². The Morgan fingerprint density at radius 3 is 2.81 bits per heavy atom. The van der Waals surface area contributed by atoms with Crippen LogP contribution in [-0.4, -0.2) is 62.1 Å². The first kappa shape index (κ1) is 19.1. The summed E-state index contributed by atoms with van der Waals surface area (Å²) in [5.41, 5.74) is 0.476. The molecule has 0 radical (unpaired) electrons. The average Bonchev–Trinajstić information content (AvgIpc) is 2.70. The predicted molar refractivity (Wildman–Crippen MR) is 101 cm³/mol. The van der Waals surface area contributed by atoms with Gasteiger partial charge in [-0.05, 0) is 32.9 Å². The summed E-state index contributed by atoms with van der Waals surface area (Å²) in [6.45, 7) is 8.02. The van der Waals surface area contributed by atoms with Crippen LogP contribution in [0.2, 0.25) is 5.02 Å². The topological polar surface area (TPSA) is 51.2 Å². The predicted octanol–water partition coefficient (Wildman–Crippen LogP) is 3.56. The Labute approximate surface area is 159 Å². The zero-order valence-corrected chi connectivity index (χ0v) is 16.6. The van der Waals surface area contributed by atoms with Crippen molar-refractivity contribution in [2.24, 2.45) is 0 Å². The number of carbonyl (C=O) groups is 1. The lowest BCUT2D eigenvalue weighted by Gasteiger charge is -2.42. The molecule has 144 valence electrons. The second-order valence-corrected chi connectivity index (χ2v) is 8.20. The van der Waals surface area contributed by atoms with Crippen LogP contribution in [0.15, 0.2) is 18.2 Å². The fraction of sp³-hybridized carbons (Fsp3) is 0.632. The maximum atomic E-state index is 12.5. The number of carbonyl (C=O) groups excluding carboxylic acids is 1. The van der Waals surface area contributed by atoms with Crippen LogP contribution in [0.3, 0.4) is 0 Å². The van der Waals surface area contributed by atoms with E-state index in [-0.39, 0.29) is 18.2 Å². The molecule has 0 aliphatic carbocycles. The summed E-state index contributed by atoms with van der Waals surface area (Å²) in [5, 5.41) is 0.596. The number of hydrogen-bond acceptors (Lipinski definition) is 5. The first-order valence-electron chi connectivity index (χ1n) is 8.97. The molecular formula is C19H27ClN2O4. The van der Waals surface area contributed by atoms with Gasteiger partial charge in [0.25, 0.3) is 0 Å². The van der Waals surface area contributed by atoms with Crippen LogP contribution in [0.1, 0.15) is 27.2 Å². The van der Waals surface area contributed by atoms with Crippen LogP contribution < -0.4 is 9.64 Å². The van der Waals surface area contributed by atoms with Crippen molar-refractivity contribution in [1.82, 2.24) is 4.90 Å². The van der Waals surface area contributed by atoms with E-state index in [1.807, 2.05) is 39.0 Å². The quantitative estimate of drug-likeness (QED) is 0.782. The minimum absolute atomic E-state index is 0.118. The van der Waals surface area contributed by atoms with Gasteiger partial charge in [-0.1, -0.05) is 17.7 Å². The van der Waals surface area contributed by atoms with E-state index in [0.717, 1.165) is 12.1 Å². The molecule has 2 aliphatic heterocycles. The van der Waals surface area contributed by atoms with Crippen molar-refractivity contribution in [1.29, 1.82) is 0 Å². The van der Waals surface area contributed by atoms with E-state index in [2.05, 4.69) is 4.90 Å². The minimum atomic E-state index is -0.501. The van der Waals surface area contributed by atoms with Crippen molar-refractivity contribution < 1.29 is 19.0 Å². The summed E-state index contributed by atoms with van der Waals surface area (Å²) in [6, 6.07) is 5.91. The van der Waals surface area contributed by atoms with Crippen LogP contribution in [0.4, 0.5) is 10.5 Å². The van der Waals surface area contributed by atoms with E-state index in [0.29, 0.717) is 37.0 Å². The number of fused-ring (bicyclic) bond motifs is 3. The molecule has 1 saturated heterocycles. The van der Waals surface area contributed by atoms with Gasteiger partial charge < -0.3 is 24.0 Å².